The molecule has 1 fully saturated rings. The smallest absolute Gasteiger partial charge is 0.247 e. The number of sulfone groups is 1. The summed E-state index contributed by atoms with van der Waals surface area (Å²) in [5.74, 6) is -0.261. The van der Waals surface area contributed by atoms with Crippen LogP contribution in [-0.2, 0) is 19.4 Å². The SMILES string of the molecule is CCC(C)N1C(=O)CC(NCCCS(C)(=O)=O)C1=O. The highest BCUT2D eigenvalue weighted by atomic mass is 32.2. The van der Waals surface area contributed by atoms with E-state index in [0.29, 0.717) is 13.0 Å². The Morgan fingerprint density at radius 2 is 2.05 bits per heavy atom. The van der Waals surface area contributed by atoms with E-state index in [4.69, 9.17) is 0 Å². The summed E-state index contributed by atoms with van der Waals surface area (Å²) >= 11 is 0. The molecule has 1 saturated heterocycles. The molecule has 7 heteroatoms. The minimum Gasteiger partial charge on any atom is -0.305 e. The van der Waals surface area contributed by atoms with Gasteiger partial charge in [0.05, 0.1) is 18.2 Å². The Bertz CT molecular complexity index is 447. The van der Waals surface area contributed by atoms with E-state index in [-0.39, 0.29) is 30.0 Å². The third-order valence-electron chi connectivity index (χ3n) is 3.30. The van der Waals surface area contributed by atoms with Gasteiger partial charge in [-0.1, -0.05) is 6.92 Å². The van der Waals surface area contributed by atoms with Gasteiger partial charge in [0.15, 0.2) is 0 Å². The number of nitrogens with one attached hydrogen (secondary N) is 1. The van der Waals surface area contributed by atoms with Crippen molar-refractivity contribution in [2.45, 2.75) is 45.2 Å². The van der Waals surface area contributed by atoms with Crippen molar-refractivity contribution in [3.05, 3.63) is 0 Å². The first kappa shape index (κ1) is 16.1. The number of hydrogen-bond donors (Lipinski definition) is 1. The van der Waals surface area contributed by atoms with Crippen molar-refractivity contribution in [1.29, 1.82) is 0 Å². The van der Waals surface area contributed by atoms with E-state index < -0.39 is 15.9 Å². The standard InChI is InChI=1S/C12H22N2O4S/c1-4-9(2)14-11(15)8-10(12(14)16)13-6-5-7-19(3,17)18/h9-10,13H,4-8H2,1-3H3. The van der Waals surface area contributed by atoms with E-state index in [0.717, 1.165) is 6.42 Å². The largest absolute Gasteiger partial charge is 0.305 e. The topological polar surface area (TPSA) is 83.6 Å². The van der Waals surface area contributed by atoms with Gasteiger partial charge >= 0.3 is 0 Å². The zero-order valence-corrected chi connectivity index (χ0v) is 12.5. The molecule has 1 aliphatic rings. The van der Waals surface area contributed by atoms with Crippen LogP contribution in [0.15, 0.2) is 0 Å². The number of rotatable bonds is 7. The molecule has 0 aliphatic carbocycles. The minimum absolute atomic E-state index is 0.0807. The van der Waals surface area contributed by atoms with Gasteiger partial charge in [-0.2, -0.15) is 0 Å². The van der Waals surface area contributed by atoms with Gasteiger partial charge in [0.2, 0.25) is 11.8 Å². The molecule has 1 N–H and O–H groups in total. The third-order valence-corrected chi connectivity index (χ3v) is 4.33. The number of carbonyl (C=O) groups is 2. The van der Waals surface area contributed by atoms with Gasteiger partial charge in [-0.05, 0) is 26.3 Å². The monoisotopic (exact) mass is 290 g/mol. The highest BCUT2D eigenvalue weighted by Gasteiger charge is 2.40. The lowest BCUT2D eigenvalue weighted by Crippen LogP contribution is -2.43. The first-order valence-electron chi connectivity index (χ1n) is 6.53. The summed E-state index contributed by atoms with van der Waals surface area (Å²) in [6, 6.07) is -0.580. The Labute approximate surface area is 114 Å². The fraction of sp³-hybridized carbons (Fsp3) is 0.833. The molecule has 0 aromatic carbocycles. The van der Waals surface area contributed by atoms with Crippen LogP contribution in [0.5, 0.6) is 0 Å². The summed E-state index contributed by atoms with van der Waals surface area (Å²) in [6.45, 7) is 4.20. The van der Waals surface area contributed by atoms with E-state index >= 15 is 0 Å². The van der Waals surface area contributed by atoms with Crippen LogP contribution in [0.25, 0.3) is 0 Å². The molecule has 1 aliphatic heterocycles. The maximum Gasteiger partial charge on any atom is 0.247 e. The first-order valence-corrected chi connectivity index (χ1v) is 8.59. The zero-order valence-electron chi connectivity index (χ0n) is 11.7. The zero-order chi connectivity index (χ0) is 14.6. The van der Waals surface area contributed by atoms with E-state index in [2.05, 4.69) is 5.32 Å². The Balaban J connectivity index is 2.45. The number of carbonyl (C=O) groups excluding carboxylic acids is 2. The summed E-state index contributed by atoms with van der Waals surface area (Å²) in [6.07, 6.45) is 2.53. The van der Waals surface area contributed by atoms with E-state index in [1.165, 1.54) is 11.2 Å². The summed E-state index contributed by atoms with van der Waals surface area (Å²) in [4.78, 5) is 25.1. The van der Waals surface area contributed by atoms with Crippen molar-refractivity contribution in [3.8, 4) is 0 Å². The summed E-state index contributed by atoms with van der Waals surface area (Å²) in [7, 11) is -2.97. The van der Waals surface area contributed by atoms with Crippen LogP contribution in [0.1, 0.15) is 33.1 Å². The number of imide groups is 1. The molecule has 0 saturated carbocycles. The molecule has 0 bridgehead atoms. The van der Waals surface area contributed by atoms with Crippen LogP contribution >= 0.6 is 0 Å². The molecule has 0 aromatic rings. The second-order valence-corrected chi connectivity index (χ2v) is 7.31. The predicted octanol–water partition coefficient (Wildman–Crippen LogP) is -0.0633. The highest BCUT2D eigenvalue weighted by Crippen LogP contribution is 2.17. The van der Waals surface area contributed by atoms with Crippen molar-refractivity contribution in [2.75, 3.05) is 18.6 Å². The van der Waals surface area contributed by atoms with Crippen LogP contribution in [0.2, 0.25) is 0 Å². The van der Waals surface area contributed by atoms with Gasteiger partial charge in [-0.3, -0.25) is 14.5 Å². The van der Waals surface area contributed by atoms with Crippen LogP contribution in [0, 0.1) is 0 Å². The molecular weight excluding hydrogens is 268 g/mol. The number of likely N-dealkylation sites (tertiary alicyclic amines) is 1. The van der Waals surface area contributed by atoms with Crippen molar-refractivity contribution >= 4 is 21.7 Å². The maximum atomic E-state index is 12.0. The molecule has 1 heterocycles. The van der Waals surface area contributed by atoms with Crippen molar-refractivity contribution in [3.63, 3.8) is 0 Å². The molecule has 1 rings (SSSR count). The Morgan fingerprint density at radius 3 is 2.58 bits per heavy atom. The van der Waals surface area contributed by atoms with Crippen LogP contribution in [0.3, 0.4) is 0 Å². The fourth-order valence-corrected chi connectivity index (χ4v) is 2.74. The van der Waals surface area contributed by atoms with Gasteiger partial charge in [-0.25, -0.2) is 8.42 Å². The Morgan fingerprint density at radius 1 is 1.42 bits per heavy atom. The lowest BCUT2D eigenvalue weighted by Gasteiger charge is -2.21. The minimum atomic E-state index is -2.97. The van der Waals surface area contributed by atoms with Gasteiger partial charge in [0.25, 0.3) is 0 Å². The maximum absolute atomic E-state index is 12.0. The molecule has 0 aromatic heterocycles. The Kier molecular flexibility index (Phi) is 5.49. The van der Waals surface area contributed by atoms with Gasteiger partial charge in [0, 0.05) is 12.3 Å². The van der Waals surface area contributed by atoms with E-state index in [1.807, 2.05) is 13.8 Å². The highest BCUT2D eigenvalue weighted by molar-refractivity contribution is 7.90. The predicted molar refractivity (Wildman–Crippen MR) is 72.3 cm³/mol. The lowest BCUT2D eigenvalue weighted by molar-refractivity contribution is -0.141. The van der Waals surface area contributed by atoms with Gasteiger partial charge in [0.1, 0.15) is 9.84 Å². The van der Waals surface area contributed by atoms with Gasteiger partial charge in [-0.15, -0.1) is 0 Å². The summed E-state index contributed by atoms with van der Waals surface area (Å²) < 4.78 is 21.9. The lowest BCUT2D eigenvalue weighted by atomic mass is 10.2. The second-order valence-electron chi connectivity index (χ2n) is 5.05. The molecule has 110 valence electrons. The Hall–Kier alpha value is -0.950. The fourth-order valence-electron chi connectivity index (χ4n) is 2.07. The van der Waals surface area contributed by atoms with E-state index in [9.17, 15) is 18.0 Å². The molecule has 0 spiro atoms. The van der Waals surface area contributed by atoms with Crippen LogP contribution in [0.4, 0.5) is 0 Å². The normalized spacial score (nSPS) is 22.1. The average Bonchev–Trinajstić information content (AvgIpc) is 2.58. The number of nitrogens with zero attached hydrogens (tertiary/aromatic N) is 1. The van der Waals surface area contributed by atoms with E-state index in [1.54, 1.807) is 0 Å². The summed E-state index contributed by atoms with van der Waals surface area (Å²) in [5.41, 5.74) is 0. The number of hydrogen-bond acceptors (Lipinski definition) is 5. The van der Waals surface area contributed by atoms with Crippen molar-refractivity contribution < 1.29 is 18.0 Å². The third kappa shape index (κ3) is 4.58. The molecule has 2 atom stereocenters. The van der Waals surface area contributed by atoms with Gasteiger partial charge < -0.3 is 5.32 Å². The molecule has 2 amide bonds. The molecule has 19 heavy (non-hydrogen) atoms. The molecule has 6 nitrogen and oxygen atoms in total. The average molecular weight is 290 g/mol. The summed E-state index contributed by atoms with van der Waals surface area (Å²) in [5, 5.41) is 2.97. The molecule has 0 radical (unpaired) electrons. The molecule has 2 unspecified atom stereocenters. The van der Waals surface area contributed by atoms with Crippen LogP contribution < -0.4 is 5.32 Å². The molecular formula is C12H22N2O4S. The van der Waals surface area contributed by atoms with Crippen molar-refractivity contribution in [1.82, 2.24) is 10.2 Å². The van der Waals surface area contributed by atoms with Crippen LogP contribution in [-0.4, -0.2) is 55.8 Å². The van der Waals surface area contributed by atoms with Crippen molar-refractivity contribution in [2.24, 2.45) is 0 Å². The second kappa shape index (κ2) is 6.47. The first-order chi connectivity index (χ1) is 8.76. The number of amides is 2. The quantitative estimate of drug-likeness (QED) is 0.524.